The molecule has 0 amide bonds. The van der Waals surface area contributed by atoms with Crippen molar-refractivity contribution in [2.24, 2.45) is 0 Å². The molecule has 18 heavy (non-hydrogen) atoms. The lowest BCUT2D eigenvalue weighted by Gasteiger charge is -2.26. The largest absolute Gasteiger partial charge is 0.497 e. The highest BCUT2D eigenvalue weighted by atomic mass is 16.5. The fourth-order valence-electron chi connectivity index (χ4n) is 2.00. The van der Waals surface area contributed by atoms with Crippen molar-refractivity contribution in [2.45, 2.75) is 39.0 Å². The Morgan fingerprint density at radius 1 is 1.28 bits per heavy atom. The zero-order valence-corrected chi connectivity index (χ0v) is 12.0. The van der Waals surface area contributed by atoms with Crippen LogP contribution >= 0.6 is 0 Å². The third-order valence-electron chi connectivity index (χ3n) is 3.42. The van der Waals surface area contributed by atoms with Crippen molar-refractivity contribution in [1.29, 1.82) is 0 Å². The van der Waals surface area contributed by atoms with Gasteiger partial charge in [-0.3, -0.25) is 0 Å². The minimum Gasteiger partial charge on any atom is -0.497 e. The van der Waals surface area contributed by atoms with Crippen LogP contribution in [0.2, 0.25) is 0 Å². The van der Waals surface area contributed by atoms with Gasteiger partial charge in [0, 0.05) is 5.41 Å². The highest BCUT2D eigenvalue weighted by Crippen LogP contribution is 2.31. The van der Waals surface area contributed by atoms with Gasteiger partial charge in [-0.05, 0) is 44.4 Å². The van der Waals surface area contributed by atoms with Gasteiger partial charge in [-0.15, -0.1) is 6.58 Å². The minimum absolute atomic E-state index is 0.0260. The van der Waals surface area contributed by atoms with Gasteiger partial charge in [-0.25, -0.2) is 0 Å². The van der Waals surface area contributed by atoms with Crippen molar-refractivity contribution in [2.75, 3.05) is 7.11 Å². The molecule has 0 bridgehead atoms. The molecular formula is C17H24O. The Labute approximate surface area is 111 Å². The quantitative estimate of drug-likeness (QED) is 0.648. The van der Waals surface area contributed by atoms with Gasteiger partial charge in [-0.2, -0.15) is 0 Å². The molecular weight excluding hydrogens is 220 g/mol. The third kappa shape index (κ3) is 3.76. The molecule has 1 rings (SSSR count). The number of methoxy groups -OCH3 is 1. The van der Waals surface area contributed by atoms with Gasteiger partial charge in [0.05, 0.1) is 7.11 Å². The average Bonchev–Trinajstić information content (AvgIpc) is 2.38. The van der Waals surface area contributed by atoms with E-state index >= 15 is 0 Å². The van der Waals surface area contributed by atoms with Crippen LogP contribution in [0.15, 0.2) is 48.6 Å². The monoisotopic (exact) mass is 244 g/mol. The van der Waals surface area contributed by atoms with Gasteiger partial charge in [0.2, 0.25) is 0 Å². The van der Waals surface area contributed by atoms with Gasteiger partial charge in [0.15, 0.2) is 0 Å². The molecule has 1 nitrogen and oxygen atoms in total. The minimum atomic E-state index is 0.0260. The van der Waals surface area contributed by atoms with Crippen LogP contribution in [0.4, 0.5) is 0 Å². The van der Waals surface area contributed by atoms with Crippen molar-refractivity contribution >= 4 is 0 Å². The highest BCUT2D eigenvalue weighted by Gasteiger charge is 2.21. The van der Waals surface area contributed by atoms with Crippen LogP contribution < -0.4 is 4.74 Å². The molecule has 1 aromatic rings. The predicted octanol–water partition coefficient (Wildman–Crippen LogP) is 4.89. The summed E-state index contributed by atoms with van der Waals surface area (Å²) in [5, 5.41) is 0. The number of rotatable bonds is 6. The molecule has 0 aromatic heterocycles. The van der Waals surface area contributed by atoms with Gasteiger partial charge in [-0.1, -0.05) is 36.8 Å². The van der Waals surface area contributed by atoms with E-state index in [9.17, 15) is 0 Å². The molecule has 0 fully saturated rings. The first-order chi connectivity index (χ1) is 8.51. The van der Waals surface area contributed by atoms with E-state index in [0.29, 0.717) is 0 Å². The number of hydrogen-bond acceptors (Lipinski definition) is 1. The molecule has 0 aliphatic rings. The summed E-state index contributed by atoms with van der Waals surface area (Å²) in [4.78, 5) is 0. The Morgan fingerprint density at radius 2 is 1.89 bits per heavy atom. The number of allylic oxidation sites excluding steroid dienone is 3. The van der Waals surface area contributed by atoms with Crippen LogP contribution in [0, 0.1) is 0 Å². The Hall–Kier alpha value is -1.50. The SMILES string of the molecule is C=C[C@](C)(CCC=C(C)C)c1ccc(OC)cc1. The number of benzene rings is 1. The van der Waals surface area contributed by atoms with Gasteiger partial charge >= 0.3 is 0 Å². The summed E-state index contributed by atoms with van der Waals surface area (Å²) in [5.74, 6) is 0.898. The molecule has 0 spiro atoms. The van der Waals surface area contributed by atoms with Crippen molar-refractivity contribution in [3.8, 4) is 5.75 Å². The molecule has 0 unspecified atom stereocenters. The number of ether oxygens (including phenoxy) is 1. The summed E-state index contributed by atoms with van der Waals surface area (Å²) in [6.07, 6.45) is 6.49. The molecule has 0 N–H and O–H groups in total. The van der Waals surface area contributed by atoms with Crippen molar-refractivity contribution in [1.82, 2.24) is 0 Å². The van der Waals surface area contributed by atoms with E-state index in [0.717, 1.165) is 18.6 Å². The maximum absolute atomic E-state index is 5.19. The van der Waals surface area contributed by atoms with Gasteiger partial charge in [0.25, 0.3) is 0 Å². The van der Waals surface area contributed by atoms with E-state index in [-0.39, 0.29) is 5.41 Å². The fourth-order valence-corrected chi connectivity index (χ4v) is 2.00. The maximum atomic E-state index is 5.19. The van der Waals surface area contributed by atoms with Crippen molar-refractivity contribution in [3.05, 3.63) is 54.1 Å². The first-order valence-corrected chi connectivity index (χ1v) is 6.43. The van der Waals surface area contributed by atoms with Crippen LogP contribution in [0.1, 0.15) is 39.2 Å². The summed E-state index contributed by atoms with van der Waals surface area (Å²) >= 11 is 0. The summed E-state index contributed by atoms with van der Waals surface area (Å²) in [6, 6.07) is 8.28. The normalized spacial score (nSPS) is 13.6. The lowest BCUT2D eigenvalue weighted by molar-refractivity contribution is 0.414. The Morgan fingerprint density at radius 3 is 2.33 bits per heavy atom. The fraction of sp³-hybridized carbons (Fsp3) is 0.412. The second-order valence-corrected chi connectivity index (χ2v) is 5.17. The van der Waals surface area contributed by atoms with Crippen LogP contribution in [0.25, 0.3) is 0 Å². The molecule has 1 aromatic carbocycles. The van der Waals surface area contributed by atoms with E-state index in [1.165, 1.54) is 11.1 Å². The van der Waals surface area contributed by atoms with Crippen LogP contribution in [-0.4, -0.2) is 7.11 Å². The average molecular weight is 244 g/mol. The molecule has 1 atom stereocenters. The molecule has 1 heteroatoms. The molecule has 0 saturated heterocycles. The first kappa shape index (κ1) is 14.6. The maximum Gasteiger partial charge on any atom is 0.118 e. The third-order valence-corrected chi connectivity index (χ3v) is 3.42. The van der Waals surface area contributed by atoms with E-state index in [2.05, 4.69) is 45.6 Å². The zero-order chi connectivity index (χ0) is 13.6. The van der Waals surface area contributed by atoms with E-state index < -0.39 is 0 Å². The van der Waals surface area contributed by atoms with E-state index in [1.54, 1.807) is 7.11 Å². The molecule has 0 aliphatic heterocycles. The summed E-state index contributed by atoms with van der Waals surface area (Å²) < 4.78 is 5.19. The molecule has 0 aliphatic carbocycles. The topological polar surface area (TPSA) is 9.23 Å². The highest BCUT2D eigenvalue weighted by molar-refractivity contribution is 5.34. The van der Waals surface area contributed by atoms with Crippen LogP contribution in [0.5, 0.6) is 5.75 Å². The number of hydrogen-bond donors (Lipinski definition) is 0. The van der Waals surface area contributed by atoms with Gasteiger partial charge < -0.3 is 4.74 Å². The Bertz CT molecular complexity index is 410. The lowest BCUT2D eigenvalue weighted by Crippen LogP contribution is -2.18. The molecule has 98 valence electrons. The van der Waals surface area contributed by atoms with Crippen LogP contribution in [0.3, 0.4) is 0 Å². The predicted molar refractivity (Wildman–Crippen MR) is 79.2 cm³/mol. The van der Waals surface area contributed by atoms with E-state index in [4.69, 9.17) is 4.74 Å². The smallest absolute Gasteiger partial charge is 0.118 e. The van der Waals surface area contributed by atoms with Gasteiger partial charge in [0.1, 0.15) is 5.75 Å². The lowest BCUT2D eigenvalue weighted by atomic mass is 9.78. The molecule has 0 radical (unpaired) electrons. The summed E-state index contributed by atoms with van der Waals surface area (Å²) in [7, 11) is 1.69. The Balaban J connectivity index is 2.85. The van der Waals surface area contributed by atoms with E-state index in [1.807, 2.05) is 18.2 Å². The summed E-state index contributed by atoms with van der Waals surface area (Å²) in [5.41, 5.74) is 2.69. The standard InChI is InChI=1S/C17H24O/c1-6-17(4,13-7-8-14(2)3)15-9-11-16(18-5)12-10-15/h6,8-12H,1,7,13H2,2-5H3/t17-/m1/s1. The van der Waals surface area contributed by atoms with Crippen molar-refractivity contribution in [3.63, 3.8) is 0 Å². The molecule has 0 heterocycles. The van der Waals surface area contributed by atoms with Crippen LogP contribution in [-0.2, 0) is 5.41 Å². The molecule has 0 saturated carbocycles. The summed E-state index contributed by atoms with van der Waals surface area (Å²) in [6.45, 7) is 10.5. The van der Waals surface area contributed by atoms with Crippen molar-refractivity contribution < 1.29 is 4.74 Å². The second kappa shape index (κ2) is 6.44. The second-order valence-electron chi connectivity index (χ2n) is 5.17. The zero-order valence-electron chi connectivity index (χ0n) is 12.0. The first-order valence-electron chi connectivity index (χ1n) is 6.43. The Kier molecular flexibility index (Phi) is 5.21.